The number of hydrazine groups is 1. The molecule has 0 radical (unpaired) electrons. The number of nitrogen functional groups attached to an aromatic ring is 1. The number of rotatable bonds is 15. The average molecular weight is 853 g/mol. The number of oxime groups is 1. The van der Waals surface area contributed by atoms with Gasteiger partial charge in [0.05, 0.1) is 29.4 Å². The van der Waals surface area contributed by atoms with Gasteiger partial charge in [-0.05, 0) is 26.0 Å². The van der Waals surface area contributed by atoms with Gasteiger partial charge in [-0.3, -0.25) is 34.2 Å². The largest absolute Gasteiger partial charge is 0.504 e. The van der Waals surface area contributed by atoms with Crippen molar-refractivity contribution in [3.8, 4) is 11.5 Å². The summed E-state index contributed by atoms with van der Waals surface area (Å²) in [5, 5.41) is 49.4. The number of aliphatic carboxylic acids is 2. The van der Waals surface area contributed by atoms with Gasteiger partial charge in [-0.15, -0.1) is 11.3 Å². The van der Waals surface area contributed by atoms with E-state index in [2.05, 4.69) is 26.0 Å². The number of fused-ring (bicyclic) bond motifs is 1. The maximum Gasteiger partial charge on any atom is 0.350 e. The Balaban J connectivity index is 1.20. The first-order valence-electron chi connectivity index (χ1n) is 16.4. The minimum absolute atomic E-state index is 0.0434. The van der Waals surface area contributed by atoms with E-state index in [1.807, 2.05) is 0 Å². The number of ketones is 1. The molecule has 3 fully saturated rings. The number of piperazine rings is 1. The second kappa shape index (κ2) is 16.1. The quantitative estimate of drug-likeness (QED) is 0.0245. The minimum atomic E-state index is -2.15. The minimum Gasteiger partial charge on any atom is -0.504 e. The topological polar surface area (TPSA) is 350 Å². The number of hydrogen-bond donors (Lipinski definition) is 8. The monoisotopic (exact) mass is 852 g/mol. The molecule has 304 valence electrons. The van der Waals surface area contributed by atoms with Crippen molar-refractivity contribution >= 4 is 98.5 Å². The zero-order valence-corrected chi connectivity index (χ0v) is 32.0. The molecule has 0 bridgehead atoms. The number of nitrogens with two attached hydrogens (primary N) is 2. The summed E-state index contributed by atoms with van der Waals surface area (Å²) in [7, 11) is 0. The van der Waals surface area contributed by atoms with E-state index < -0.39 is 123 Å². The van der Waals surface area contributed by atoms with Gasteiger partial charge >= 0.3 is 23.8 Å². The van der Waals surface area contributed by atoms with Gasteiger partial charge in [0.1, 0.15) is 5.69 Å². The molecule has 1 aromatic carbocycles. The number of anilines is 1. The molecule has 0 spiro atoms. The maximum atomic E-state index is 13.5. The lowest BCUT2D eigenvalue weighted by Gasteiger charge is -2.41. The van der Waals surface area contributed by atoms with Crippen LogP contribution in [0.1, 0.15) is 37.9 Å². The van der Waals surface area contributed by atoms with Gasteiger partial charge < -0.3 is 52.0 Å². The van der Waals surface area contributed by atoms with Crippen LogP contribution in [0.3, 0.4) is 0 Å². The Bertz CT molecular complexity index is 2150. The van der Waals surface area contributed by atoms with Crippen molar-refractivity contribution in [2.45, 2.75) is 42.5 Å². The first-order valence-corrected chi connectivity index (χ1v) is 18.5. The highest BCUT2D eigenvalue weighted by molar-refractivity contribution is 8.02. The number of carboxylic acid groups (broad SMARTS) is 2. The molecule has 5 amide bonds. The molecule has 5 rings (SSSR count). The van der Waals surface area contributed by atoms with E-state index in [4.69, 9.17) is 28.0 Å². The number of amides is 5. The number of phenols is 2. The number of benzene rings is 1. The number of nitrogens with zero attached hydrogens (tertiary/aromatic N) is 6. The second-order valence-electron chi connectivity index (χ2n) is 12.9. The van der Waals surface area contributed by atoms with Crippen LogP contribution in [-0.4, -0.2) is 141 Å². The number of carbonyl (C=O) groups is 8. The summed E-state index contributed by atoms with van der Waals surface area (Å²) < 4.78 is 0. The molecule has 23 nitrogen and oxygen atoms in total. The van der Waals surface area contributed by atoms with Crippen LogP contribution in [-0.2, 0) is 43.2 Å². The number of carboxylic acids is 2. The molecule has 26 heteroatoms. The Morgan fingerprint density at radius 3 is 2.42 bits per heavy atom. The van der Waals surface area contributed by atoms with Crippen molar-refractivity contribution < 1.29 is 63.6 Å². The Kier molecular flexibility index (Phi) is 11.8. The number of thiazole rings is 1. The summed E-state index contributed by atoms with van der Waals surface area (Å²) in [5.74, 6) is -5.78. The van der Waals surface area contributed by atoms with E-state index in [0.29, 0.717) is 16.8 Å². The maximum absolute atomic E-state index is 13.5. The predicted molar refractivity (Wildman–Crippen MR) is 197 cm³/mol. The Morgan fingerprint density at radius 2 is 1.81 bits per heavy atom. The molecule has 0 unspecified atom stereocenters. The summed E-state index contributed by atoms with van der Waals surface area (Å²) in [6.45, 7) is 0.752. The smallest absolute Gasteiger partial charge is 0.350 e. The number of Topliss-reactive ketones (excluding diaryl/α,β-unsaturated/α-hetero) is 1. The lowest BCUT2D eigenvalue weighted by atomic mass is 9.90. The molecular weight excluding hydrogens is 820 g/mol. The van der Waals surface area contributed by atoms with Gasteiger partial charge in [0, 0.05) is 36.9 Å². The molecule has 10 N–H and O–H groups in total. The van der Waals surface area contributed by atoms with Gasteiger partial charge in [0.25, 0.3) is 5.91 Å². The number of phenolic OH excluding ortho intramolecular Hbond substituents is 2. The van der Waals surface area contributed by atoms with Crippen molar-refractivity contribution in [2.24, 2.45) is 22.0 Å². The third-order valence-electron chi connectivity index (χ3n) is 8.85. The fourth-order valence-corrected chi connectivity index (χ4v) is 8.23. The molecule has 3 aliphatic heterocycles. The number of β-lactam (4-membered cyclic amide) rings is 1. The fraction of sp³-hybridized carbons (Fsp3) is 0.387. The molecule has 3 saturated heterocycles. The highest BCUT2D eigenvalue weighted by atomic mass is 35.5. The molecule has 57 heavy (non-hydrogen) atoms. The lowest BCUT2D eigenvalue weighted by Crippen LogP contribution is -2.67. The van der Waals surface area contributed by atoms with Gasteiger partial charge in [-0.2, -0.15) is 5.10 Å². The van der Waals surface area contributed by atoms with Crippen molar-refractivity contribution in [3.63, 3.8) is 0 Å². The number of nitrogens with one attached hydrogen (secondary N) is 2. The zero-order chi connectivity index (χ0) is 42.1. The highest BCUT2D eigenvalue weighted by Crippen LogP contribution is 2.52. The molecule has 0 saturated carbocycles. The second-order valence-corrected chi connectivity index (χ2v) is 15.6. The summed E-state index contributed by atoms with van der Waals surface area (Å²) in [5.41, 5.74) is 5.04. The van der Waals surface area contributed by atoms with Gasteiger partial charge in [-0.25, -0.2) is 19.6 Å². The SMILES string of the molecule is CC(C)(O/N=C(\C(=O)C[C@@H]1C(=O)N2C[C@@](C(=O)O)(N3CCN(NC(=O)CCNC(=O)/C(=N\N)c4ccc(O)c(O)c4Cl)C(=O)C3=O)S[C@H]12)c1csc(N)n1)C(=O)O. The molecule has 3 aliphatic rings. The van der Waals surface area contributed by atoms with Crippen LogP contribution in [0.25, 0.3) is 0 Å². The third-order valence-corrected chi connectivity index (χ3v) is 11.6. The van der Waals surface area contributed by atoms with Crippen LogP contribution >= 0.6 is 34.7 Å². The lowest BCUT2D eigenvalue weighted by molar-refractivity contribution is -0.168. The number of aromatic nitrogens is 1. The van der Waals surface area contributed by atoms with Crippen LogP contribution in [0.4, 0.5) is 5.13 Å². The summed E-state index contributed by atoms with van der Waals surface area (Å²) >= 11 is 7.60. The fourth-order valence-electron chi connectivity index (χ4n) is 5.73. The third kappa shape index (κ3) is 8.06. The highest BCUT2D eigenvalue weighted by Gasteiger charge is 2.66. The molecule has 0 aliphatic carbocycles. The van der Waals surface area contributed by atoms with Crippen molar-refractivity contribution in [1.29, 1.82) is 0 Å². The number of aromatic hydroxyl groups is 2. The Hall–Kier alpha value is -6.21. The number of hydrazone groups is 1. The zero-order valence-electron chi connectivity index (χ0n) is 29.6. The van der Waals surface area contributed by atoms with E-state index in [1.165, 1.54) is 25.3 Å². The van der Waals surface area contributed by atoms with Crippen LogP contribution in [0.5, 0.6) is 11.5 Å². The predicted octanol–water partition coefficient (Wildman–Crippen LogP) is -1.78. The first kappa shape index (κ1) is 41.9. The van der Waals surface area contributed by atoms with Crippen LogP contribution in [0, 0.1) is 5.92 Å². The molecular formula is C31H33ClN10O13S2. The number of carbonyl (C=O) groups excluding carboxylic acids is 6. The number of halogens is 1. The van der Waals surface area contributed by atoms with Gasteiger partial charge in [0.2, 0.25) is 22.3 Å². The Morgan fingerprint density at radius 1 is 1.11 bits per heavy atom. The summed E-state index contributed by atoms with van der Waals surface area (Å²) in [6, 6.07) is 2.22. The Labute approximate surface area is 333 Å². The average Bonchev–Trinajstić information content (AvgIpc) is 3.75. The first-order chi connectivity index (χ1) is 26.7. The van der Waals surface area contributed by atoms with Crippen LogP contribution in [0.2, 0.25) is 5.02 Å². The summed E-state index contributed by atoms with van der Waals surface area (Å²) in [4.78, 5) is 112. The van der Waals surface area contributed by atoms with Crippen molar-refractivity contribution in [2.75, 3.05) is 31.9 Å². The number of thioether (sulfide) groups is 1. The van der Waals surface area contributed by atoms with E-state index in [-0.39, 0.29) is 29.5 Å². The normalized spacial score (nSPS) is 21.2. The van der Waals surface area contributed by atoms with E-state index in [0.717, 1.165) is 27.2 Å². The number of hydrogen-bond acceptors (Lipinski definition) is 18. The molecule has 1 aromatic heterocycles. The molecule has 4 heterocycles. The standard InChI is InChI=1S/C31H33ClN10O13S2/c1-30(2,27(51)52)55-39-20(14-10-56-29(33)36-14)16(44)9-13-23(48)40-11-31(28(53)54,57-26(13)40)41-7-8-42(25(50)24(41)49)38-17(45)5-6-35-22(47)19(37-34)12-3-4-15(43)21(46)18(12)32/h3-4,10,13,26,43,46H,5-9,11,34H2,1-2H3,(H2,33,36)(H,35,47)(H,38,45)(H,51,52)(H,53,54)/b37-19-,39-20-/t13-,26-,31-/m1/s1. The van der Waals surface area contributed by atoms with E-state index >= 15 is 0 Å². The van der Waals surface area contributed by atoms with E-state index in [1.54, 1.807) is 0 Å². The van der Waals surface area contributed by atoms with Crippen molar-refractivity contribution in [3.05, 3.63) is 33.8 Å². The summed E-state index contributed by atoms with van der Waals surface area (Å²) in [6.07, 6.45) is -0.962. The van der Waals surface area contributed by atoms with Gasteiger partial charge in [0.15, 0.2) is 33.8 Å². The molecule has 2 aromatic rings. The van der Waals surface area contributed by atoms with Gasteiger partial charge in [-0.1, -0.05) is 28.5 Å². The van der Waals surface area contributed by atoms with Crippen molar-refractivity contribution in [1.82, 2.24) is 30.5 Å². The van der Waals surface area contributed by atoms with Crippen LogP contribution in [0.15, 0.2) is 27.8 Å². The van der Waals surface area contributed by atoms with Crippen LogP contribution < -0.4 is 22.3 Å². The van der Waals surface area contributed by atoms with E-state index in [9.17, 15) is 58.8 Å². The molecule has 3 atom stereocenters.